The Morgan fingerprint density at radius 3 is 2.04 bits per heavy atom. The van der Waals surface area contributed by atoms with E-state index in [0.29, 0.717) is 5.89 Å². The quantitative estimate of drug-likeness (QED) is 0.705. The number of nitrogens with one attached hydrogen (secondary N) is 1. The predicted molar refractivity (Wildman–Crippen MR) is 91.2 cm³/mol. The van der Waals surface area contributed by atoms with Crippen LogP contribution in [0.1, 0.15) is 75.3 Å². The molecule has 2 aromatic rings. The summed E-state index contributed by atoms with van der Waals surface area (Å²) in [5, 5.41) is 3.46. The van der Waals surface area contributed by atoms with Gasteiger partial charge in [-0.15, -0.1) is 0 Å². The zero-order chi connectivity index (χ0) is 18.8. The fourth-order valence-electron chi connectivity index (χ4n) is 2.67. The molecule has 0 amide bonds. The van der Waals surface area contributed by atoms with E-state index in [2.05, 4.69) is 10.3 Å². The Morgan fingerprint density at radius 2 is 1.60 bits per heavy atom. The molecule has 0 saturated heterocycles. The van der Waals surface area contributed by atoms with Gasteiger partial charge in [-0.25, -0.2) is 4.98 Å². The van der Waals surface area contributed by atoms with Crippen LogP contribution < -0.4 is 5.32 Å². The topological polar surface area (TPSA) is 38.1 Å². The summed E-state index contributed by atoms with van der Waals surface area (Å²) < 4.78 is 43.7. The van der Waals surface area contributed by atoms with Crippen LogP contribution in [0.25, 0.3) is 0 Å². The maximum absolute atomic E-state index is 12.7. The summed E-state index contributed by atoms with van der Waals surface area (Å²) in [6, 6.07) is 5.17. The van der Waals surface area contributed by atoms with Gasteiger partial charge in [-0.05, 0) is 30.5 Å². The van der Waals surface area contributed by atoms with Crippen molar-refractivity contribution in [1.82, 2.24) is 10.3 Å². The number of aromatic nitrogens is 1. The normalized spacial score (nSPS) is 15.0. The number of alkyl halides is 3. The molecule has 0 unspecified atom stereocenters. The van der Waals surface area contributed by atoms with Crippen molar-refractivity contribution < 1.29 is 17.6 Å². The average Bonchev–Trinajstić information content (AvgIpc) is 3.01. The summed E-state index contributed by atoms with van der Waals surface area (Å²) in [4.78, 5) is 4.48. The number of hydrogen-bond donors (Lipinski definition) is 1. The summed E-state index contributed by atoms with van der Waals surface area (Å²) in [6.07, 6.45) is -2.68. The van der Waals surface area contributed by atoms with Gasteiger partial charge in [0, 0.05) is 12.0 Å². The third-order valence-electron chi connectivity index (χ3n) is 4.17. The number of hydrogen-bond acceptors (Lipinski definition) is 3. The van der Waals surface area contributed by atoms with Gasteiger partial charge in [-0.2, -0.15) is 13.2 Å². The summed E-state index contributed by atoms with van der Waals surface area (Å²) in [5.74, 6) is 1.09. The fraction of sp³-hybridized carbons (Fsp3) is 0.526. The Labute approximate surface area is 146 Å². The van der Waals surface area contributed by atoms with E-state index in [1.165, 1.54) is 12.1 Å². The van der Waals surface area contributed by atoms with E-state index in [0.717, 1.165) is 23.4 Å². The molecule has 2 atom stereocenters. The molecule has 0 fully saturated rings. The van der Waals surface area contributed by atoms with Crippen molar-refractivity contribution in [1.29, 1.82) is 0 Å². The van der Waals surface area contributed by atoms with Gasteiger partial charge in [0.1, 0.15) is 6.26 Å². The van der Waals surface area contributed by atoms with Crippen LogP contribution in [0.3, 0.4) is 0 Å². The number of nitrogens with zero attached hydrogens (tertiary/aromatic N) is 1. The molecule has 1 N–H and O–H groups in total. The van der Waals surface area contributed by atoms with E-state index < -0.39 is 11.7 Å². The molecule has 0 bridgehead atoms. The maximum atomic E-state index is 12.7. The summed E-state index contributed by atoms with van der Waals surface area (Å²) in [5.41, 5.74) is 0.980. The first kappa shape index (κ1) is 19.5. The standard InChI is InChI=1S/C19H25F3N2O/c1-11(2)17(14-6-8-15(9-7-14)19(20,21)22)23-13(5)16-10-25-18(24-16)12(3)4/h6-13,17,23H,1-5H3/t13-,17+/m0/s1. The van der Waals surface area contributed by atoms with Gasteiger partial charge in [0.25, 0.3) is 0 Å². The van der Waals surface area contributed by atoms with Crippen LogP contribution in [0, 0.1) is 5.92 Å². The molecule has 0 spiro atoms. The molecule has 3 nitrogen and oxygen atoms in total. The molecule has 6 heteroatoms. The minimum Gasteiger partial charge on any atom is -0.448 e. The van der Waals surface area contributed by atoms with Crippen LogP contribution in [-0.4, -0.2) is 4.98 Å². The Kier molecular flexibility index (Phi) is 5.93. The van der Waals surface area contributed by atoms with Crippen LogP contribution in [0.5, 0.6) is 0 Å². The second-order valence-electron chi connectivity index (χ2n) is 7.00. The van der Waals surface area contributed by atoms with E-state index in [9.17, 15) is 13.2 Å². The predicted octanol–water partition coefficient (Wildman–Crippen LogP) is 5.86. The Balaban J connectivity index is 2.17. The monoisotopic (exact) mass is 354 g/mol. The maximum Gasteiger partial charge on any atom is 0.416 e. The van der Waals surface area contributed by atoms with Crippen LogP contribution >= 0.6 is 0 Å². The first-order valence-electron chi connectivity index (χ1n) is 8.48. The fourth-order valence-corrected chi connectivity index (χ4v) is 2.67. The Morgan fingerprint density at radius 1 is 1.00 bits per heavy atom. The molecule has 0 aliphatic rings. The molecule has 25 heavy (non-hydrogen) atoms. The second kappa shape index (κ2) is 7.60. The molecule has 0 radical (unpaired) electrons. The van der Waals surface area contributed by atoms with Crippen molar-refractivity contribution in [2.45, 2.75) is 58.8 Å². The van der Waals surface area contributed by atoms with E-state index in [4.69, 9.17) is 4.42 Å². The lowest BCUT2D eigenvalue weighted by Gasteiger charge is -2.26. The number of benzene rings is 1. The molecule has 0 aliphatic carbocycles. The lowest BCUT2D eigenvalue weighted by Crippen LogP contribution is -2.28. The van der Waals surface area contributed by atoms with Crippen molar-refractivity contribution in [2.75, 3.05) is 0 Å². The van der Waals surface area contributed by atoms with E-state index >= 15 is 0 Å². The van der Waals surface area contributed by atoms with Gasteiger partial charge in [-0.3, -0.25) is 0 Å². The molecule has 1 aromatic carbocycles. The highest BCUT2D eigenvalue weighted by Crippen LogP contribution is 2.32. The van der Waals surface area contributed by atoms with Crippen LogP contribution in [0.15, 0.2) is 34.9 Å². The highest BCUT2D eigenvalue weighted by Gasteiger charge is 2.30. The van der Waals surface area contributed by atoms with Gasteiger partial charge in [0.05, 0.1) is 17.3 Å². The Hall–Kier alpha value is -1.82. The van der Waals surface area contributed by atoms with E-state index in [1.807, 2.05) is 34.6 Å². The average molecular weight is 354 g/mol. The van der Waals surface area contributed by atoms with Gasteiger partial charge >= 0.3 is 6.18 Å². The number of rotatable bonds is 6. The number of oxazole rings is 1. The van der Waals surface area contributed by atoms with Gasteiger partial charge in [0.2, 0.25) is 0 Å². The summed E-state index contributed by atoms with van der Waals surface area (Å²) in [7, 11) is 0. The third-order valence-corrected chi connectivity index (χ3v) is 4.17. The van der Waals surface area contributed by atoms with Crippen molar-refractivity contribution in [3.05, 3.63) is 53.2 Å². The van der Waals surface area contributed by atoms with Crippen LogP contribution in [-0.2, 0) is 6.18 Å². The van der Waals surface area contributed by atoms with Crippen molar-refractivity contribution in [3.8, 4) is 0 Å². The lowest BCUT2D eigenvalue weighted by molar-refractivity contribution is -0.137. The van der Waals surface area contributed by atoms with Crippen molar-refractivity contribution in [2.24, 2.45) is 5.92 Å². The SMILES string of the molecule is CC(C)c1nc([C@H](C)N[C@@H](c2ccc(C(F)(F)F)cc2)C(C)C)co1. The smallest absolute Gasteiger partial charge is 0.416 e. The minimum atomic E-state index is -4.32. The first-order valence-corrected chi connectivity index (χ1v) is 8.48. The van der Waals surface area contributed by atoms with E-state index in [-0.39, 0.29) is 23.9 Å². The zero-order valence-corrected chi connectivity index (χ0v) is 15.2. The number of halogens is 3. The van der Waals surface area contributed by atoms with Crippen molar-refractivity contribution >= 4 is 0 Å². The van der Waals surface area contributed by atoms with Crippen LogP contribution in [0.2, 0.25) is 0 Å². The summed E-state index contributed by atoms with van der Waals surface area (Å²) >= 11 is 0. The minimum absolute atomic E-state index is 0.0778. The van der Waals surface area contributed by atoms with Gasteiger partial charge < -0.3 is 9.73 Å². The molecular weight excluding hydrogens is 329 g/mol. The van der Waals surface area contributed by atoms with E-state index in [1.54, 1.807) is 6.26 Å². The molecule has 0 saturated carbocycles. The molecule has 0 aliphatic heterocycles. The molecule has 2 rings (SSSR count). The molecule has 1 aromatic heterocycles. The summed E-state index contributed by atoms with van der Waals surface area (Å²) in [6.45, 7) is 10.1. The molecular formula is C19H25F3N2O. The molecule has 138 valence electrons. The van der Waals surface area contributed by atoms with Gasteiger partial charge in [-0.1, -0.05) is 39.8 Å². The van der Waals surface area contributed by atoms with Gasteiger partial charge in [0.15, 0.2) is 5.89 Å². The highest BCUT2D eigenvalue weighted by atomic mass is 19.4. The largest absolute Gasteiger partial charge is 0.448 e. The highest BCUT2D eigenvalue weighted by molar-refractivity contribution is 5.27. The lowest BCUT2D eigenvalue weighted by atomic mass is 9.94. The molecule has 1 heterocycles. The van der Waals surface area contributed by atoms with Crippen molar-refractivity contribution in [3.63, 3.8) is 0 Å². The first-order chi connectivity index (χ1) is 11.6. The third kappa shape index (κ3) is 4.84. The zero-order valence-electron chi connectivity index (χ0n) is 15.2. The Bertz CT molecular complexity index is 675. The van der Waals surface area contributed by atoms with Crippen LogP contribution in [0.4, 0.5) is 13.2 Å². The second-order valence-corrected chi connectivity index (χ2v) is 7.00.